The average Bonchev–Trinajstić information content (AvgIpc) is 2.25. The van der Waals surface area contributed by atoms with E-state index in [1.165, 1.54) is 0 Å². The zero-order valence-electron chi connectivity index (χ0n) is 9.47. The Morgan fingerprint density at radius 1 is 1.27 bits per heavy atom. The molecular weight excluding hydrogens is 186 g/mol. The van der Waals surface area contributed by atoms with Crippen LogP contribution < -0.4 is 0 Å². The SMILES string of the molecule is COC(=N/C=C/c1ccccc1)C(C)C. The van der Waals surface area contributed by atoms with Crippen LogP contribution in [-0.2, 0) is 4.74 Å². The zero-order valence-corrected chi connectivity index (χ0v) is 9.47. The molecule has 2 heteroatoms. The Labute approximate surface area is 91.3 Å². The van der Waals surface area contributed by atoms with E-state index < -0.39 is 0 Å². The summed E-state index contributed by atoms with van der Waals surface area (Å²) in [4.78, 5) is 4.25. The summed E-state index contributed by atoms with van der Waals surface area (Å²) >= 11 is 0. The number of ether oxygens (including phenoxy) is 1. The number of benzene rings is 1. The smallest absolute Gasteiger partial charge is 0.190 e. The zero-order chi connectivity index (χ0) is 11.1. The van der Waals surface area contributed by atoms with Gasteiger partial charge in [0, 0.05) is 12.1 Å². The highest BCUT2D eigenvalue weighted by Crippen LogP contribution is 2.03. The van der Waals surface area contributed by atoms with Gasteiger partial charge in [-0.25, -0.2) is 4.99 Å². The summed E-state index contributed by atoms with van der Waals surface area (Å²) in [7, 11) is 1.65. The van der Waals surface area contributed by atoms with Crippen LogP contribution in [0.25, 0.3) is 6.08 Å². The Kier molecular flexibility index (Phi) is 4.61. The number of methoxy groups -OCH3 is 1. The quantitative estimate of drug-likeness (QED) is 0.545. The summed E-state index contributed by atoms with van der Waals surface area (Å²) in [6.07, 6.45) is 3.73. The lowest BCUT2D eigenvalue weighted by atomic mass is 10.2. The molecule has 1 aromatic rings. The Balaban J connectivity index is 2.66. The number of rotatable bonds is 3. The molecule has 2 nitrogen and oxygen atoms in total. The molecule has 0 bridgehead atoms. The lowest BCUT2D eigenvalue weighted by molar-refractivity contribution is 0.375. The average molecular weight is 203 g/mol. The van der Waals surface area contributed by atoms with E-state index in [0.29, 0.717) is 5.92 Å². The molecule has 0 unspecified atom stereocenters. The van der Waals surface area contributed by atoms with Gasteiger partial charge in [-0.1, -0.05) is 44.2 Å². The molecule has 0 atom stereocenters. The Morgan fingerprint density at radius 2 is 1.93 bits per heavy atom. The van der Waals surface area contributed by atoms with Crippen LogP contribution in [0.3, 0.4) is 0 Å². The fraction of sp³-hybridized carbons (Fsp3) is 0.308. The minimum absolute atomic E-state index is 0.315. The standard InChI is InChI=1S/C13H17NO/c1-11(2)13(15-3)14-10-9-12-7-5-4-6-8-12/h4-11H,1-3H3/b10-9+,14-13?. The second kappa shape index (κ2) is 6.02. The van der Waals surface area contributed by atoms with Gasteiger partial charge in [0.25, 0.3) is 0 Å². The molecule has 0 saturated heterocycles. The Hall–Kier alpha value is -1.57. The first-order valence-corrected chi connectivity index (χ1v) is 5.07. The minimum atomic E-state index is 0.315. The van der Waals surface area contributed by atoms with E-state index in [4.69, 9.17) is 4.74 Å². The molecule has 0 aromatic heterocycles. The maximum Gasteiger partial charge on any atom is 0.190 e. The topological polar surface area (TPSA) is 21.6 Å². The van der Waals surface area contributed by atoms with Gasteiger partial charge in [0.15, 0.2) is 5.90 Å². The summed E-state index contributed by atoms with van der Waals surface area (Å²) in [5.74, 6) is 1.07. The molecule has 0 aliphatic rings. The van der Waals surface area contributed by atoms with E-state index in [-0.39, 0.29) is 0 Å². The monoisotopic (exact) mass is 203 g/mol. The van der Waals surface area contributed by atoms with Gasteiger partial charge in [-0.2, -0.15) is 0 Å². The predicted octanol–water partition coefficient (Wildman–Crippen LogP) is 3.36. The van der Waals surface area contributed by atoms with Crippen molar-refractivity contribution >= 4 is 12.0 Å². The summed E-state index contributed by atoms with van der Waals surface area (Å²) in [5.41, 5.74) is 1.14. The van der Waals surface area contributed by atoms with Gasteiger partial charge in [0.2, 0.25) is 0 Å². The van der Waals surface area contributed by atoms with Crippen LogP contribution in [0.5, 0.6) is 0 Å². The fourth-order valence-electron chi connectivity index (χ4n) is 1.20. The van der Waals surface area contributed by atoms with E-state index in [1.807, 2.05) is 36.4 Å². The van der Waals surface area contributed by atoms with Gasteiger partial charge in [-0.15, -0.1) is 0 Å². The van der Waals surface area contributed by atoms with Crippen molar-refractivity contribution < 1.29 is 4.74 Å². The van der Waals surface area contributed by atoms with E-state index in [0.717, 1.165) is 11.5 Å². The molecule has 15 heavy (non-hydrogen) atoms. The maximum absolute atomic E-state index is 5.15. The van der Waals surface area contributed by atoms with Crippen LogP contribution in [0.2, 0.25) is 0 Å². The summed E-state index contributed by atoms with van der Waals surface area (Å²) in [5, 5.41) is 0. The first-order chi connectivity index (χ1) is 7.24. The molecule has 0 aliphatic heterocycles. The van der Waals surface area contributed by atoms with Gasteiger partial charge in [-0.3, -0.25) is 0 Å². The summed E-state index contributed by atoms with van der Waals surface area (Å²) in [6, 6.07) is 10.1. The van der Waals surface area contributed by atoms with Crippen molar-refractivity contribution in [3.63, 3.8) is 0 Å². The molecule has 0 spiro atoms. The highest BCUT2D eigenvalue weighted by Gasteiger charge is 2.01. The fourth-order valence-corrected chi connectivity index (χ4v) is 1.20. The van der Waals surface area contributed by atoms with Gasteiger partial charge in [-0.05, 0) is 11.6 Å². The highest BCUT2D eigenvalue weighted by atomic mass is 16.5. The van der Waals surface area contributed by atoms with Gasteiger partial charge in [0.1, 0.15) is 0 Å². The van der Waals surface area contributed by atoms with Crippen molar-refractivity contribution in [3.05, 3.63) is 42.1 Å². The van der Waals surface area contributed by atoms with Crippen molar-refractivity contribution in [1.82, 2.24) is 0 Å². The van der Waals surface area contributed by atoms with E-state index in [2.05, 4.69) is 18.8 Å². The molecule has 0 heterocycles. The van der Waals surface area contributed by atoms with Crippen molar-refractivity contribution in [2.75, 3.05) is 7.11 Å². The third-order valence-electron chi connectivity index (χ3n) is 1.97. The number of aliphatic imine (C=N–C) groups is 1. The molecule has 1 rings (SSSR count). The largest absolute Gasteiger partial charge is 0.484 e. The molecule has 0 aliphatic carbocycles. The van der Waals surface area contributed by atoms with E-state index in [1.54, 1.807) is 13.3 Å². The first-order valence-electron chi connectivity index (χ1n) is 5.07. The first kappa shape index (κ1) is 11.5. The van der Waals surface area contributed by atoms with Gasteiger partial charge >= 0.3 is 0 Å². The molecule has 0 saturated carbocycles. The summed E-state index contributed by atoms with van der Waals surface area (Å²) in [6.45, 7) is 4.11. The molecule has 0 amide bonds. The molecule has 0 fully saturated rings. The maximum atomic E-state index is 5.15. The van der Waals surface area contributed by atoms with Crippen molar-refractivity contribution in [2.24, 2.45) is 10.9 Å². The second-order valence-corrected chi connectivity index (χ2v) is 3.55. The van der Waals surface area contributed by atoms with E-state index >= 15 is 0 Å². The number of hydrogen-bond donors (Lipinski definition) is 0. The lowest BCUT2D eigenvalue weighted by Crippen LogP contribution is -2.08. The Morgan fingerprint density at radius 3 is 2.47 bits per heavy atom. The van der Waals surface area contributed by atoms with Gasteiger partial charge in [0.05, 0.1) is 7.11 Å². The van der Waals surface area contributed by atoms with Crippen molar-refractivity contribution in [1.29, 1.82) is 0 Å². The van der Waals surface area contributed by atoms with Crippen LogP contribution in [0, 0.1) is 5.92 Å². The van der Waals surface area contributed by atoms with Crippen molar-refractivity contribution in [3.8, 4) is 0 Å². The van der Waals surface area contributed by atoms with Crippen molar-refractivity contribution in [2.45, 2.75) is 13.8 Å². The Bertz CT molecular complexity index is 339. The third-order valence-corrected chi connectivity index (χ3v) is 1.97. The minimum Gasteiger partial charge on any atom is -0.484 e. The molecular formula is C13H17NO. The molecule has 0 radical (unpaired) electrons. The lowest BCUT2D eigenvalue weighted by Gasteiger charge is -2.05. The summed E-state index contributed by atoms with van der Waals surface area (Å²) < 4.78 is 5.15. The second-order valence-electron chi connectivity index (χ2n) is 3.55. The molecule has 1 aromatic carbocycles. The van der Waals surface area contributed by atoms with Crippen LogP contribution in [-0.4, -0.2) is 13.0 Å². The predicted molar refractivity (Wildman–Crippen MR) is 64.8 cm³/mol. The number of nitrogens with zero attached hydrogens (tertiary/aromatic N) is 1. The van der Waals surface area contributed by atoms with Crippen LogP contribution >= 0.6 is 0 Å². The van der Waals surface area contributed by atoms with Crippen LogP contribution in [0.4, 0.5) is 0 Å². The highest BCUT2D eigenvalue weighted by molar-refractivity contribution is 5.78. The normalized spacial score (nSPS) is 12.4. The number of hydrogen-bond acceptors (Lipinski definition) is 2. The van der Waals surface area contributed by atoms with Crippen LogP contribution in [0.15, 0.2) is 41.5 Å². The third kappa shape index (κ3) is 3.98. The molecule has 0 N–H and O–H groups in total. The van der Waals surface area contributed by atoms with Gasteiger partial charge < -0.3 is 4.74 Å². The van der Waals surface area contributed by atoms with Crippen LogP contribution in [0.1, 0.15) is 19.4 Å². The molecule has 80 valence electrons. The van der Waals surface area contributed by atoms with E-state index in [9.17, 15) is 0 Å².